The highest BCUT2D eigenvalue weighted by Gasteiger charge is 2.34. The van der Waals surface area contributed by atoms with E-state index >= 15 is 0 Å². The average Bonchev–Trinajstić information content (AvgIpc) is 2.42. The number of halogens is 1. The lowest BCUT2D eigenvalue weighted by atomic mass is 9.80. The second-order valence-corrected chi connectivity index (χ2v) is 5.64. The van der Waals surface area contributed by atoms with Crippen LogP contribution in [0.15, 0.2) is 30.3 Å². The maximum absolute atomic E-state index is 12.1. The summed E-state index contributed by atoms with van der Waals surface area (Å²) < 4.78 is 0. The number of aromatic nitrogens is 1. The molecule has 0 spiro atoms. The number of pyridine rings is 1. The summed E-state index contributed by atoms with van der Waals surface area (Å²) >= 11 is 6.09. The number of hydrogen-bond acceptors (Lipinski definition) is 3. The molecule has 4 nitrogen and oxygen atoms in total. The van der Waals surface area contributed by atoms with Crippen molar-refractivity contribution in [3.05, 3.63) is 41.2 Å². The Labute approximate surface area is 121 Å². The molecule has 1 aromatic carbocycles. The van der Waals surface area contributed by atoms with Gasteiger partial charge >= 0.3 is 0 Å². The highest BCUT2D eigenvalue weighted by Crippen LogP contribution is 2.30. The van der Waals surface area contributed by atoms with Crippen LogP contribution in [0.5, 0.6) is 0 Å². The Bertz CT molecular complexity index is 668. The molecule has 1 saturated carbocycles. The van der Waals surface area contributed by atoms with Gasteiger partial charge in [0.1, 0.15) is 10.8 Å². The molecule has 1 heterocycles. The Morgan fingerprint density at radius 2 is 2.15 bits per heavy atom. The van der Waals surface area contributed by atoms with Crippen LogP contribution in [-0.2, 0) is 0 Å². The largest absolute Gasteiger partial charge is 0.388 e. The van der Waals surface area contributed by atoms with Crippen molar-refractivity contribution in [3.63, 3.8) is 0 Å². The molecule has 3 rings (SSSR count). The normalized spacial score (nSPS) is 16.7. The van der Waals surface area contributed by atoms with Crippen LogP contribution in [0.1, 0.15) is 29.8 Å². The lowest BCUT2D eigenvalue weighted by molar-refractivity contribution is -0.0300. The molecule has 0 radical (unpaired) electrons. The van der Waals surface area contributed by atoms with Crippen LogP contribution in [0, 0.1) is 0 Å². The highest BCUT2D eigenvalue weighted by atomic mass is 35.5. The first-order chi connectivity index (χ1) is 9.57. The third-order valence-corrected chi connectivity index (χ3v) is 4.08. The molecule has 0 saturated heterocycles. The van der Waals surface area contributed by atoms with Gasteiger partial charge in [0.05, 0.1) is 5.60 Å². The zero-order valence-corrected chi connectivity index (χ0v) is 11.7. The van der Waals surface area contributed by atoms with Gasteiger partial charge in [-0.1, -0.05) is 35.9 Å². The van der Waals surface area contributed by atoms with Crippen LogP contribution in [0.25, 0.3) is 10.8 Å². The van der Waals surface area contributed by atoms with Crippen LogP contribution in [0.2, 0.25) is 5.15 Å². The van der Waals surface area contributed by atoms with E-state index in [1.807, 2.05) is 24.3 Å². The van der Waals surface area contributed by atoms with Crippen molar-refractivity contribution in [1.82, 2.24) is 10.3 Å². The van der Waals surface area contributed by atoms with Gasteiger partial charge in [-0.15, -0.1) is 0 Å². The summed E-state index contributed by atoms with van der Waals surface area (Å²) in [5.74, 6) is -0.307. The lowest BCUT2D eigenvalue weighted by Gasteiger charge is -2.36. The number of nitrogens with zero attached hydrogens (tertiary/aromatic N) is 1. The van der Waals surface area contributed by atoms with Crippen LogP contribution >= 0.6 is 11.6 Å². The number of nitrogens with one attached hydrogen (secondary N) is 1. The van der Waals surface area contributed by atoms with Crippen molar-refractivity contribution in [2.75, 3.05) is 6.54 Å². The van der Waals surface area contributed by atoms with Gasteiger partial charge in [-0.3, -0.25) is 4.79 Å². The topological polar surface area (TPSA) is 62.2 Å². The molecule has 1 fully saturated rings. The van der Waals surface area contributed by atoms with E-state index in [0.29, 0.717) is 5.15 Å². The molecule has 2 aromatic rings. The number of carbonyl (C=O) groups is 1. The second kappa shape index (κ2) is 5.04. The SMILES string of the molecule is O=C(NCC1(O)CCC1)c1cc2ccccc2c(Cl)n1. The molecule has 5 heteroatoms. The zero-order valence-electron chi connectivity index (χ0n) is 10.9. The third kappa shape index (κ3) is 2.49. The highest BCUT2D eigenvalue weighted by molar-refractivity contribution is 6.34. The van der Waals surface area contributed by atoms with Crippen LogP contribution in [-0.4, -0.2) is 28.1 Å². The van der Waals surface area contributed by atoms with Crippen LogP contribution < -0.4 is 5.32 Å². The van der Waals surface area contributed by atoms with E-state index in [2.05, 4.69) is 10.3 Å². The summed E-state index contributed by atoms with van der Waals surface area (Å²) in [4.78, 5) is 16.2. The minimum absolute atomic E-state index is 0.262. The summed E-state index contributed by atoms with van der Waals surface area (Å²) in [5, 5.41) is 14.7. The minimum Gasteiger partial charge on any atom is -0.388 e. The maximum atomic E-state index is 12.1. The van der Waals surface area contributed by atoms with Crippen molar-refractivity contribution in [3.8, 4) is 0 Å². The molecule has 0 unspecified atom stereocenters. The first kappa shape index (κ1) is 13.3. The van der Waals surface area contributed by atoms with Gasteiger partial charge in [-0.05, 0) is 30.7 Å². The van der Waals surface area contributed by atoms with Gasteiger partial charge in [0, 0.05) is 11.9 Å². The molecule has 2 N–H and O–H groups in total. The Morgan fingerprint density at radius 1 is 1.40 bits per heavy atom. The fourth-order valence-electron chi connectivity index (χ4n) is 2.37. The average molecular weight is 291 g/mol. The van der Waals surface area contributed by atoms with Gasteiger partial charge in [-0.25, -0.2) is 4.98 Å². The van der Waals surface area contributed by atoms with Crippen molar-refractivity contribution in [2.24, 2.45) is 0 Å². The first-order valence-corrected chi connectivity index (χ1v) is 7.01. The predicted octanol–water partition coefficient (Wildman–Crippen LogP) is 2.53. The Balaban J connectivity index is 1.80. The Morgan fingerprint density at radius 3 is 2.85 bits per heavy atom. The van der Waals surface area contributed by atoms with E-state index in [9.17, 15) is 9.90 Å². The van der Waals surface area contributed by atoms with Crippen LogP contribution in [0.4, 0.5) is 0 Å². The Kier molecular flexibility index (Phi) is 3.36. The molecule has 1 aromatic heterocycles. The van der Waals surface area contributed by atoms with E-state index in [0.717, 1.165) is 30.0 Å². The molecule has 1 amide bonds. The van der Waals surface area contributed by atoms with E-state index in [-0.39, 0.29) is 18.1 Å². The molecule has 0 bridgehead atoms. The van der Waals surface area contributed by atoms with Crippen molar-refractivity contribution in [1.29, 1.82) is 0 Å². The van der Waals surface area contributed by atoms with Crippen molar-refractivity contribution in [2.45, 2.75) is 24.9 Å². The van der Waals surface area contributed by atoms with Crippen molar-refractivity contribution < 1.29 is 9.90 Å². The number of hydrogen-bond donors (Lipinski definition) is 2. The van der Waals surface area contributed by atoms with Gasteiger partial charge in [0.25, 0.3) is 5.91 Å². The molecule has 0 aliphatic heterocycles. The quantitative estimate of drug-likeness (QED) is 0.854. The molecule has 104 valence electrons. The molecular formula is C15H15ClN2O2. The van der Waals surface area contributed by atoms with Gasteiger partial charge in [-0.2, -0.15) is 0 Å². The van der Waals surface area contributed by atoms with Gasteiger partial charge in [0.2, 0.25) is 0 Å². The van der Waals surface area contributed by atoms with Gasteiger partial charge < -0.3 is 10.4 Å². The molecule has 0 atom stereocenters. The van der Waals surface area contributed by atoms with E-state index in [1.165, 1.54) is 0 Å². The fourth-order valence-corrected chi connectivity index (χ4v) is 2.63. The third-order valence-electron chi connectivity index (χ3n) is 3.79. The predicted molar refractivity (Wildman–Crippen MR) is 77.9 cm³/mol. The number of benzene rings is 1. The Hall–Kier alpha value is -1.65. The van der Waals surface area contributed by atoms with E-state index in [1.54, 1.807) is 6.07 Å². The molecule has 1 aliphatic rings. The molecular weight excluding hydrogens is 276 g/mol. The summed E-state index contributed by atoms with van der Waals surface area (Å²) in [5.41, 5.74) is -0.465. The van der Waals surface area contributed by atoms with E-state index < -0.39 is 5.60 Å². The lowest BCUT2D eigenvalue weighted by Crippen LogP contribution is -2.47. The molecule has 20 heavy (non-hydrogen) atoms. The summed E-state index contributed by atoms with van der Waals surface area (Å²) in [6, 6.07) is 9.23. The summed E-state index contributed by atoms with van der Waals surface area (Å²) in [6.45, 7) is 0.262. The van der Waals surface area contributed by atoms with E-state index in [4.69, 9.17) is 11.6 Å². The van der Waals surface area contributed by atoms with Gasteiger partial charge in [0.15, 0.2) is 0 Å². The standard InChI is InChI=1S/C15H15ClN2O2/c16-13-11-5-2-1-4-10(11)8-12(18-13)14(19)17-9-15(20)6-3-7-15/h1-2,4-5,8,20H,3,6-7,9H2,(H,17,19). The second-order valence-electron chi connectivity index (χ2n) is 5.28. The smallest absolute Gasteiger partial charge is 0.270 e. The zero-order chi connectivity index (χ0) is 14.2. The number of rotatable bonds is 3. The summed E-state index contributed by atoms with van der Waals surface area (Å²) in [6.07, 6.45) is 2.48. The van der Waals surface area contributed by atoms with Crippen molar-refractivity contribution >= 4 is 28.3 Å². The number of carbonyl (C=O) groups excluding carboxylic acids is 1. The maximum Gasteiger partial charge on any atom is 0.270 e. The summed E-state index contributed by atoms with van der Waals surface area (Å²) in [7, 11) is 0. The fraction of sp³-hybridized carbons (Fsp3) is 0.333. The number of amides is 1. The number of fused-ring (bicyclic) bond motifs is 1. The van der Waals surface area contributed by atoms with Crippen LogP contribution in [0.3, 0.4) is 0 Å². The monoisotopic (exact) mass is 290 g/mol. The minimum atomic E-state index is -0.740. The molecule has 1 aliphatic carbocycles. The first-order valence-electron chi connectivity index (χ1n) is 6.63. The number of aliphatic hydroxyl groups is 1.